The fourth-order valence-corrected chi connectivity index (χ4v) is 3.75. The number of benzene rings is 1. The van der Waals surface area contributed by atoms with Gasteiger partial charge in [-0.3, -0.25) is 4.79 Å². The van der Waals surface area contributed by atoms with Crippen molar-refractivity contribution in [2.45, 2.75) is 45.4 Å². The van der Waals surface area contributed by atoms with Gasteiger partial charge in [0.15, 0.2) is 5.58 Å². The highest BCUT2D eigenvalue weighted by Gasteiger charge is 2.57. The lowest BCUT2D eigenvalue weighted by atomic mass is 9.92. The van der Waals surface area contributed by atoms with E-state index in [4.69, 9.17) is 4.42 Å². The minimum Gasteiger partial charge on any atom is -0.440 e. The summed E-state index contributed by atoms with van der Waals surface area (Å²) < 4.78 is 5.81. The van der Waals surface area contributed by atoms with Crippen molar-refractivity contribution in [1.82, 2.24) is 10.3 Å². The number of hydrogen-bond acceptors (Lipinski definition) is 4. The second kappa shape index (κ2) is 6.29. The van der Waals surface area contributed by atoms with Gasteiger partial charge in [0.2, 0.25) is 11.8 Å². The van der Waals surface area contributed by atoms with Gasteiger partial charge in [-0.15, -0.1) is 12.4 Å². The monoisotopic (exact) mass is 363 g/mol. The van der Waals surface area contributed by atoms with Crippen LogP contribution in [0.5, 0.6) is 0 Å². The molecule has 1 aromatic heterocycles. The van der Waals surface area contributed by atoms with E-state index in [-0.39, 0.29) is 35.1 Å². The minimum atomic E-state index is -0.127. The fourth-order valence-electron chi connectivity index (χ4n) is 3.75. The van der Waals surface area contributed by atoms with E-state index in [1.54, 1.807) is 0 Å². The number of aromatic nitrogens is 1. The first-order valence-electron chi connectivity index (χ1n) is 8.80. The normalized spacial score (nSPS) is 21.8. The molecular formula is C19H26ClN3O2. The van der Waals surface area contributed by atoms with Crippen LogP contribution in [-0.2, 0) is 10.2 Å². The first-order valence-corrected chi connectivity index (χ1v) is 8.80. The van der Waals surface area contributed by atoms with E-state index in [9.17, 15) is 4.79 Å². The highest BCUT2D eigenvalue weighted by molar-refractivity contribution is 5.96. The molecule has 2 fully saturated rings. The van der Waals surface area contributed by atoms with Gasteiger partial charge < -0.3 is 15.1 Å². The number of anilines is 1. The van der Waals surface area contributed by atoms with Crippen molar-refractivity contribution in [2.24, 2.45) is 11.3 Å². The molecule has 2 N–H and O–H groups in total. The smallest absolute Gasteiger partial charge is 0.228 e. The number of carbonyl (C=O) groups is 1. The number of carbonyl (C=O) groups excluding carboxylic acids is 1. The van der Waals surface area contributed by atoms with E-state index in [1.807, 2.05) is 18.2 Å². The van der Waals surface area contributed by atoms with Crippen LogP contribution >= 0.6 is 12.4 Å². The van der Waals surface area contributed by atoms with Crippen LogP contribution < -0.4 is 10.6 Å². The first kappa shape index (κ1) is 18.2. The molecular weight excluding hydrogens is 338 g/mol. The van der Waals surface area contributed by atoms with E-state index >= 15 is 0 Å². The van der Waals surface area contributed by atoms with Gasteiger partial charge in [0, 0.05) is 17.0 Å². The average Bonchev–Trinajstić information content (AvgIpc) is 3.04. The predicted octanol–water partition coefficient (Wildman–Crippen LogP) is 3.88. The second-order valence-corrected chi connectivity index (χ2v) is 8.31. The van der Waals surface area contributed by atoms with Crippen LogP contribution in [0.2, 0.25) is 0 Å². The van der Waals surface area contributed by atoms with E-state index in [1.165, 1.54) is 0 Å². The standard InChI is InChI=1S/C19H25N3O2.ClH/c1-18(2,3)17-22-14-10-12(4-5-15(14)24-17)21-16(23)13-11-19(13)6-8-20-9-7-19;/h4-5,10,13,20H,6-9,11H2,1-3H3,(H,21,23);1H. The number of hydrogen-bond donors (Lipinski definition) is 2. The van der Waals surface area contributed by atoms with E-state index in [2.05, 4.69) is 36.4 Å². The van der Waals surface area contributed by atoms with Crippen LogP contribution in [-0.4, -0.2) is 24.0 Å². The molecule has 6 heteroatoms. The molecule has 1 saturated heterocycles. The zero-order valence-electron chi connectivity index (χ0n) is 15.0. The highest BCUT2D eigenvalue weighted by atomic mass is 35.5. The zero-order valence-corrected chi connectivity index (χ0v) is 15.8. The fraction of sp³-hybridized carbons (Fsp3) is 0.579. The molecule has 2 aromatic rings. The van der Waals surface area contributed by atoms with Gasteiger partial charge in [0.05, 0.1) is 0 Å². The first-order chi connectivity index (χ1) is 11.4. The van der Waals surface area contributed by atoms with Crippen molar-refractivity contribution in [3.63, 3.8) is 0 Å². The van der Waals surface area contributed by atoms with E-state index in [0.717, 1.165) is 55.0 Å². The lowest BCUT2D eigenvalue weighted by Crippen LogP contribution is -2.31. The summed E-state index contributed by atoms with van der Waals surface area (Å²) >= 11 is 0. The van der Waals surface area contributed by atoms with E-state index < -0.39 is 0 Å². The Balaban J connectivity index is 0.00000182. The molecule has 1 unspecified atom stereocenters. The molecule has 2 aliphatic rings. The Morgan fingerprint density at radius 1 is 1.32 bits per heavy atom. The summed E-state index contributed by atoms with van der Waals surface area (Å²) in [7, 11) is 0. The van der Waals surface area contributed by atoms with Crippen molar-refractivity contribution in [2.75, 3.05) is 18.4 Å². The summed E-state index contributed by atoms with van der Waals surface area (Å²) in [4.78, 5) is 17.1. The molecule has 1 aliphatic heterocycles. The highest BCUT2D eigenvalue weighted by Crippen LogP contribution is 2.58. The lowest BCUT2D eigenvalue weighted by molar-refractivity contribution is -0.118. The summed E-state index contributed by atoms with van der Waals surface area (Å²) in [5.41, 5.74) is 2.49. The van der Waals surface area contributed by atoms with Crippen molar-refractivity contribution in [3.05, 3.63) is 24.1 Å². The van der Waals surface area contributed by atoms with Crippen LogP contribution in [0.15, 0.2) is 22.6 Å². The van der Waals surface area contributed by atoms with Crippen molar-refractivity contribution in [3.8, 4) is 0 Å². The number of rotatable bonds is 2. The van der Waals surface area contributed by atoms with Crippen LogP contribution in [0, 0.1) is 11.3 Å². The molecule has 1 aromatic carbocycles. The SMILES string of the molecule is CC(C)(C)c1nc2cc(NC(=O)C3CC34CCNCC4)ccc2o1.Cl. The molecule has 136 valence electrons. The number of fused-ring (bicyclic) bond motifs is 1. The van der Waals surface area contributed by atoms with Crippen LogP contribution in [0.1, 0.15) is 45.9 Å². The minimum absolute atomic E-state index is 0. The molecule has 1 saturated carbocycles. The quantitative estimate of drug-likeness (QED) is 0.849. The summed E-state index contributed by atoms with van der Waals surface area (Å²) in [6, 6.07) is 5.69. The number of nitrogens with one attached hydrogen (secondary N) is 2. The average molecular weight is 364 g/mol. The van der Waals surface area contributed by atoms with Gasteiger partial charge in [-0.2, -0.15) is 0 Å². The summed E-state index contributed by atoms with van der Waals surface area (Å²) in [6.45, 7) is 8.29. The third-order valence-electron chi connectivity index (χ3n) is 5.40. The molecule has 1 spiro atoms. The molecule has 4 rings (SSSR count). The number of nitrogens with zero attached hydrogens (tertiary/aromatic N) is 1. The van der Waals surface area contributed by atoms with Crippen LogP contribution in [0.3, 0.4) is 0 Å². The Bertz CT molecular complexity index is 788. The van der Waals surface area contributed by atoms with Gasteiger partial charge in [-0.05, 0) is 56.0 Å². The molecule has 25 heavy (non-hydrogen) atoms. The second-order valence-electron chi connectivity index (χ2n) is 8.31. The Labute approximate surface area is 154 Å². The third-order valence-corrected chi connectivity index (χ3v) is 5.40. The van der Waals surface area contributed by atoms with Crippen molar-refractivity contribution in [1.29, 1.82) is 0 Å². The molecule has 0 bridgehead atoms. The Kier molecular flexibility index (Phi) is 4.58. The summed E-state index contributed by atoms with van der Waals surface area (Å²) in [6.07, 6.45) is 3.26. The molecule has 1 atom stereocenters. The molecule has 1 aliphatic carbocycles. The predicted molar refractivity (Wildman–Crippen MR) is 101 cm³/mol. The largest absolute Gasteiger partial charge is 0.440 e. The number of amides is 1. The van der Waals surface area contributed by atoms with Gasteiger partial charge >= 0.3 is 0 Å². The van der Waals surface area contributed by atoms with Crippen molar-refractivity contribution < 1.29 is 9.21 Å². The van der Waals surface area contributed by atoms with Crippen LogP contribution in [0.25, 0.3) is 11.1 Å². The maximum atomic E-state index is 12.6. The van der Waals surface area contributed by atoms with Gasteiger partial charge in [0.1, 0.15) is 5.52 Å². The van der Waals surface area contributed by atoms with Gasteiger partial charge in [-0.1, -0.05) is 20.8 Å². The molecule has 1 amide bonds. The molecule has 2 heterocycles. The molecule has 0 radical (unpaired) electrons. The Hall–Kier alpha value is -1.59. The van der Waals surface area contributed by atoms with Crippen LogP contribution in [0.4, 0.5) is 5.69 Å². The van der Waals surface area contributed by atoms with Crippen molar-refractivity contribution >= 4 is 35.1 Å². The topological polar surface area (TPSA) is 67.2 Å². The third kappa shape index (κ3) is 3.40. The maximum Gasteiger partial charge on any atom is 0.228 e. The van der Waals surface area contributed by atoms with E-state index in [0.29, 0.717) is 0 Å². The zero-order chi connectivity index (χ0) is 16.9. The lowest BCUT2D eigenvalue weighted by Gasteiger charge is -2.23. The van der Waals surface area contributed by atoms with Gasteiger partial charge in [0.25, 0.3) is 0 Å². The van der Waals surface area contributed by atoms with Gasteiger partial charge in [-0.25, -0.2) is 4.98 Å². The number of halogens is 1. The maximum absolute atomic E-state index is 12.6. The number of piperidine rings is 1. The molecule has 5 nitrogen and oxygen atoms in total. The summed E-state index contributed by atoms with van der Waals surface area (Å²) in [5.74, 6) is 1.03. The Morgan fingerprint density at radius 2 is 2.04 bits per heavy atom. The number of oxazole rings is 1. The summed E-state index contributed by atoms with van der Waals surface area (Å²) in [5, 5.41) is 6.45. The Morgan fingerprint density at radius 3 is 2.72 bits per heavy atom.